The van der Waals surface area contributed by atoms with E-state index in [9.17, 15) is 13.2 Å². The van der Waals surface area contributed by atoms with Gasteiger partial charge in [-0.25, -0.2) is 28.1 Å². The molecule has 5 rings (SSSR count). The van der Waals surface area contributed by atoms with E-state index in [1.165, 1.54) is 24.3 Å². The summed E-state index contributed by atoms with van der Waals surface area (Å²) in [5, 5.41) is 0. The lowest BCUT2D eigenvalue weighted by atomic mass is 9.81. The van der Waals surface area contributed by atoms with Crippen LogP contribution in [-0.4, -0.2) is 65.3 Å². The highest BCUT2D eigenvalue weighted by Crippen LogP contribution is 2.38. The van der Waals surface area contributed by atoms with Gasteiger partial charge in [-0.15, -0.1) is 0 Å². The van der Waals surface area contributed by atoms with Crippen molar-refractivity contribution in [1.29, 1.82) is 0 Å². The van der Waals surface area contributed by atoms with Crippen LogP contribution in [0.15, 0.2) is 65.8 Å². The van der Waals surface area contributed by atoms with E-state index in [1.807, 2.05) is 45.9 Å². The summed E-state index contributed by atoms with van der Waals surface area (Å²) in [4.78, 5) is 32.1. The fourth-order valence-electron chi connectivity index (χ4n) is 6.60. The van der Waals surface area contributed by atoms with E-state index >= 15 is 0 Å². The van der Waals surface area contributed by atoms with Crippen LogP contribution >= 0.6 is 0 Å². The number of nitrogens with zero attached hydrogens (tertiary/aromatic N) is 5. The van der Waals surface area contributed by atoms with Gasteiger partial charge in [-0.3, -0.25) is 9.69 Å². The van der Waals surface area contributed by atoms with Crippen LogP contribution in [0.4, 0.5) is 5.95 Å². The van der Waals surface area contributed by atoms with Gasteiger partial charge in [-0.05, 0) is 89.1 Å². The number of anilines is 1. The number of nitrogens with one attached hydrogen (secondary N) is 1. The van der Waals surface area contributed by atoms with Gasteiger partial charge >= 0.3 is 0 Å². The zero-order valence-electron chi connectivity index (χ0n) is 29.3. The number of aldehydes is 1. The van der Waals surface area contributed by atoms with E-state index in [2.05, 4.69) is 50.5 Å². The van der Waals surface area contributed by atoms with Crippen LogP contribution in [0.3, 0.4) is 0 Å². The number of benzene rings is 2. The zero-order valence-corrected chi connectivity index (χ0v) is 30.1. The van der Waals surface area contributed by atoms with E-state index in [4.69, 9.17) is 9.47 Å². The molecule has 1 fully saturated rings. The lowest BCUT2D eigenvalue weighted by Gasteiger charge is -2.44. The summed E-state index contributed by atoms with van der Waals surface area (Å²) < 4.78 is 41.6. The molecule has 1 N–H and O–H groups in total. The van der Waals surface area contributed by atoms with Crippen LogP contribution in [0.25, 0.3) is 11.3 Å². The Bertz CT molecular complexity index is 1850. The Kier molecular flexibility index (Phi) is 11.3. The van der Waals surface area contributed by atoms with Crippen LogP contribution in [0, 0.1) is 25.7 Å². The number of carbonyl (C=O) groups is 1. The number of sulfonamides is 1. The third kappa shape index (κ3) is 8.79. The Balaban J connectivity index is 1.46. The van der Waals surface area contributed by atoms with E-state index in [0.717, 1.165) is 41.8 Å². The fourth-order valence-corrected chi connectivity index (χ4v) is 7.60. The second-order valence-corrected chi connectivity index (χ2v) is 15.1. The SMILES string of the molecule is Cc1cccc(C)c1-c1cc(OC[C@@H]2[C@H](CC(C)C)CC[C@H](c3ncc(OC(C)C)cn3)N2C)nc(NS(=O)(=O)c2cccc(C=O)c2)n1. The third-order valence-corrected chi connectivity index (χ3v) is 10.2. The molecule has 3 heterocycles. The maximum Gasteiger partial charge on any atom is 0.264 e. The molecule has 0 amide bonds. The van der Waals surface area contributed by atoms with Gasteiger partial charge in [0, 0.05) is 23.2 Å². The maximum atomic E-state index is 13.4. The molecule has 3 atom stereocenters. The molecule has 0 radical (unpaired) electrons. The third-order valence-electron chi connectivity index (χ3n) is 8.83. The lowest BCUT2D eigenvalue weighted by molar-refractivity contribution is 0.0197. The Hall–Kier alpha value is -4.42. The summed E-state index contributed by atoms with van der Waals surface area (Å²) >= 11 is 0. The molecule has 2 aromatic heterocycles. The molecule has 2 aromatic carbocycles. The molecule has 1 saturated heterocycles. The Morgan fingerprint density at radius 1 is 0.980 bits per heavy atom. The number of carbonyl (C=O) groups excluding carboxylic acids is 1. The quantitative estimate of drug-likeness (QED) is 0.149. The van der Waals surface area contributed by atoms with Gasteiger partial charge in [-0.1, -0.05) is 44.2 Å². The summed E-state index contributed by atoms with van der Waals surface area (Å²) in [6.07, 6.45) is 7.02. The van der Waals surface area contributed by atoms with Gasteiger partial charge in [-0.2, -0.15) is 4.98 Å². The molecule has 0 aliphatic carbocycles. The summed E-state index contributed by atoms with van der Waals surface area (Å²) in [6.45, 7) is 12.7. The first-order valence-corrected chi connectivity index (χ1v) is 18.2. The number of hydrogen-bond acceptors (Lipinski definition) is 10. The molecule has 260 valence electrons. The average Bonchev–Trinajstić information content (AvgIpc) is 3.04. The number of hydrogen-bond donors (Lipinski definition) is 1. The van der Waals surface area contributed by atoms with Crippen LogP contribution in [0.5, 0.6) is 11.6 Å². The van der Waals surface area contributed by atoms with Crippen molar-refractivity contribution in [2.45, 2.75) is 83.9 Å². The van der Waals surface area contributed by atoms with Crippen molar-refractivity contribution in [3.05, 3.63) is 83.4 Å². The molecule has 1 aliphatic heterocycles. The van der Waals surface area contributed by atoms with Gasteiger partial charge in [0.25, 0.3) is 10.0 Å². The van der Waals surface area contributed by atoms with Crippen molar-refractivity contribution < 1.29 is 22.7 Å². The molecular weight excluding hydrogens is 641 g/mol. The minimum Gasteiger partial charge on any atom is -0.488 e. The normalized spacial score (nSPS) is 18.4. The summed E-state index contributed by atoms with van der Waals surface area (Å²) in [5.74, 6) is 2.35. The second-order valence-electron chi connectivity index (χ2n) is 13.4. The summed E-state index contributed by atoms with van der Waals surface area (Å²) in [6, 6.07) is 13.5. The summed E-state index contributed by atoms with van der Waals surface area (Å²) in [5.41, 5.74) is 3.61. The highest BCUT2D eigenvalue weighted by Gasteiger charge is 2.38. The fraction of sp³-hybridized carbons (Fsp3) is 0.432. The van der Waals surface area contributed by atoms with E-state index in [1.54, 1.807) is 18.5 Å². The van der Waals surface area contributed by atoms with E-state index < -0.39 is 10.0 Å². The zero-order chi connectivity index (χ0) is 35.3. The monoisotopic (exact) mass is 686 g/mol. The number of rotatable bonds is 13. The van der Waals surface area contributed by atoms with Crippen molar-refractivity contribution in [1.82, 2.24) is 24.8 Å². The lowest BCUT2D eigenvalue weighted by Crippen LogP contribution is -2.48. The first-order chi connectivity index (χ1) is 23.3. The number of aromatic nitrogens is 4. The molecule has 0 unspecified atom stereocenters. The van der Waals surface area contributed by atoms with Gasteiger partial charge in [0.1, 0.15) is 18.7 Å². The van der Waals surface area contributed by atoms with Gasteiger partial charge in [0.15, 0.2) is 5.75 Å². The molecule has 12 heteroatoms. The maximum absolute atomic E-state index is 13.4. The van der Waals surface area contributed by atoms with Gasteiger partial charge in [0.2, 0.25) is 11.8 Å². The van der Waals surface area contributed by atoms with Crippen molar-refractivity contribution in [2.24, 2.45) is 11.8 Å². The van der Waals surface area contributed by atoms with E-state index in [0.29, 0.717) is 36.2 Å². The predicted molar refractivity (Wildman–Crippen MR) is 189 cm³/mol. The van der Waals surface area contributed by atoms with Crippen molar-refractivity contribution >= 4 is 22.3 Å². The van der Waals surface area contributed by atoms with Crippen molar-refractivity contribution in [2.75, 3.05) is 18.4 Å². The van der Waals surface area contributed by atoms with Crippen LogP contribution in [0.2, 0.25) is 0 Å². The smallest absolute Gasteiger partial charge is 0.264 e. The molecule has 11 nitrogen and oxygen atoms in total. The Morgan fingerprint density at radius 3 is 2.33 bits per heavy atom. The Morgan fingerprint density at radius 2 is 1.67 bits per heavy atom. The molecule has 49 heavy (non-hydrogen) atoms. The van der Waals surface area contributed by atoms with Crippen LogP contribution < -0.4 is 14.2 Å². The minimum absolute atomic E-state index is 0.00908. The second kappa shape index (κ2) is 15.4. The number of ether oxygens (including phenoxy) is 2. The molecule has 1 aliphatic rings. The molecule has 0 spiro atoms. The molecule has 4 aromatic rings. The van der Waals surface area contributed by atoms with E-state index in [-0.39, 0.29) is 40.5 Å². The molecular formula is C37H46N6O5S. The highest BCUT2D eigenvalue weighted by molar-refractivity contribution is 7.92. The number of piperidine rings is 1. The summed E-state index contributed by atoms with van der Waals surface area (Å²) in [7, 11) is -2.03. The van der Waals surface area contributed by atoms with Crippen molar-refractivity contribution in [3.8, 4) is 22.9 Å². The predicted octanol–water partition coefficient (Wildman–Crippen LogP) is 6.83. The van der Waals surface area contributed by atoms with Crippen LogP contribution in [-0.2, 0) is 10.0 Å². The standard InChI is InChI=1S/C37H46N6O5S/c1-23(2)16-28-14-15-32(36-38-19-29(20-39-36)48-24(3)4)43(7)33(28)22-47-34-18-31(35-25(5)10-8-11-26(35)6)40-37(41-34)42-49(45,46)30-13-9-12-27(17-30)21-44/h8-13,17-21,23-24,28,32-33H,14-16,22H2,1-7H3,(H,40,41,42)/t28-,32+,33+/m0/s1. The topological polar surface area (TPSA) is 136 Å². The average molecular weight is 687 g/mol. The number of likely N-dealkylation sites (tertiary alicyclic amines) is 1. The van der Waals surface area contributed by atoms with Gasteiger partial charge < -0.3 is 9.47 Å². The number of likely N-dealkylation sites (N-methyl/N-ethyl adjacent to an activating group) is 1. The molecule has 0 saturated carbocycles. The van der Waals surface area contributed by atoms with Crippen molar-refractivity contribution in [3.63, 3.8) is 0 Å². The first kappa shape index (κ1) is 35.9. The van der Waals surface area contributed by atoms with Gasteiger partial charge in [0.05, 0.1) is 35.1 Å². The first-order valence-electron chi connectivity index (χ1n) is 16.7. The molecule has 0 bridgehead atoms. The Labute approximate surface area is 289 Å². The van der Waals surface area contributed by atoms with Crippen LogP contribution in [0.1, 0.15) is 80.3 Å². The minimum atomic E-state index is -4.12. The highest BCUT2D eigenvalue weighted by atomic mass is 32.2. The number of aryl methyl sites for hydroxylation is 2. The largest absolute Gasteiger partial charge is 0.488 e.